The third kappa shape index (κ3) is 7.61. The van der Waals surface area contributed by atoms with Crippen molar-refractivity contribution < 1.29 is 4.79 Å². The van der Waals surface area contributed by atoms with Gasteiger partial charge in [-0.2, -0.15) is 0 Å². The van der Waals surface area contributed by atoms with E-state index in [0.717, 1.165) is 32.7 Å². The minimum Gasteiger partial charge on any atom is -0.348 e. The molecule has 6 heteroatoms. The fraction of sp³-hybridized carbons (Fsp3) is 0.667. The summed E-state index contributed by atoms with van der Waals surface area (Å²) in [6.45, 7) is 7.68. The van der Waals surface area contributed by atoms with E-state index in [0.29, 0.717) is 18.3 Å². The lowest BCUT2D eigenvalue weighted by molar-refractivity contribution is -0.123. The van der Waals surface area contributed by atoms with Crippen molar-refractivity contribution >= 4 is 30.7 Å². The molecule has 2 aliphatic heterocycles. The van der Waals surface area contributed by atoms with Gasteiger partial charge in [-0.25, -0.2) is 0 Å². The van der Waals surface area contributed by atoms with Gasteiger partial charge in [0.05, 0.1) is 6.04 Å². The van der Waals surface area contributed by atoms with Gasteiger partial charge in [0.15, 0.2) is 0 Å². The first-order valence-electron chi connectivity index (χ1n) is 10.00. The first-order valence-corrected chi connectivity index (χ1v) is 10.00. The topological polar surface area (TPSA) is 44.4 Å². The minimum absolute atomic E-state index is 0. The molecule has 1 aromatic carbocycles. The van der Waals surface area contributed by atoms with Gasteiger partial charge < -0.3 is 15.5 Å². The van der Waals surface area contributed by atoms with Crippen LogP contribution in [0.3, 0.4) is 0 Å². The number of nitrogens with zero attached hydrogens (tertiary/aromatic N) is 1. The number of carbonyl (C=O) groups excluding carboxylic acids is 1. The highest BCUT2D eigenvalue weighted by atomic mass is 35.5. The fourth-order valence-electron chi connectivity index (χ4n) is 4.27. The monoisotopic (exact) mass is 415 g/mol. The first kappa shape index (κ1) is 24.2. The van der Waals surface area contributed by atoms with Gasteiger partial charge in [-0.15, -0.1) is 24.8 Å². The highest BCUT2D eigenvalue weighted by molar-refractivity contribution is 5.85. The summed E-state index contributed by atoms with van der Waals surface area (Å²) in [4.78, 5) is 15.2. The molecule has 1 aromatic rings. The average Bonchev–Trinajstić information content (AvgIpc) is 3.16. The van der Waals surface area contributed by atoms with Crippen LogP contribution in [-0.4, -0.2) is 43.5 Å². The molecule has 154 valence electrons. The number of rotatable bonds is 7. The number of halogens is 2. The standard InChI is InChI=1S/C21H33N3O.2ClH/c1-17(18-9-11-22-12-10-18)15-21(25)23-20(16-24-13-5-6-14-24)19-7-3-2-4-8-19;;/h2-4,7-8,17-18,20,22H,5-6,9-16H2,1H3,(H,23,25);2*1H. The molecule has 2 atom stereocenters. The van der Waals surface area contributed by atoms with Gasteiger partial charge in [-0.05, 0) is 69.3 Å². The molecule has 4 nitrogen and oxygen atoms in total. The number of amides is 1. The predicted octanol–water partition coefficient (Wildman–Crippen LogP) is 3.81. The summed E-state index contributed by atoms with van der Waals surface area (Å²) in [5.41, 5.74) is 1.22. The lowest BCUT2D eigenvalue weighted by Crippen LogP contribution is -2.38. The van der Waals surface area contributed by atoms with E-state index >= 15 is 0 Å². The van der Waals surface area contributed by atoms with Gasteiger partial charge in [0.1, 0.15) is 0 Å². The Morgan fingerprint density at radius 3 is 2.41 bits per heavy atom. The zero-order chi connectivity index (χ0) is 17.5. The number of hydrogen-bond donors (Lipinski definition) is 2. The van der Waals surface area contributed by atoms with Crippen molar-refractivity contribution in [2.24, 2.45) is 11.8 Å². The summed E-state index contributed by atoms with van der Waals surface area (Å²) >= 11 is 0. The zero-order valence-electron chi connectivity index (χ0n) is 16.4. The molecule has 27 heavy (non-hydrogen) atoms. The summed E-state index contributed by atoms with van der Waals surface area (Å²) in [5, 5.41) is 6.74. The van der Waals surface area contributed by atoms with E-state index in [2.05, 4.69) is 46.7 Å². The molecule has 2 heterocycles. The molecule has 0 saturated carbocycles. The Hall–Kier alpha value is -0.810. The Morgan fingerprint density at radius 2 is 1.78 bits per heavy atom. The lowest BCUT2D eigenvalue weighted by Gasteiger charge is -2.29. The Morgan fingerprint density at radius 1 is 1.15 bits per heavy atom. The van der Waals surface area contributed by atoms with Gasteiger partial charge in [-0.3, -0.25) is 4.79 Å². The molecule has 1 amide bonds. The number of carbonyl (C=O) groups is 1. The summed E-state index contributed by atoms with van der Waals surface area (Å²) in [6, 6.07) is 10.5. The van der Waals surface area contributed by atoms with Crippen LogP contribution in [0.25, 0.3) is 0 Å². The van der Waals surface area contributed by atoms with Crippen LogP contribution in [0.1, 0.15) is 50.6 Å². The maximum absolute atomic E-state index is 12.7. The number of likely N-dealkylation sites (tertiary alicyclic amines) is 1. The van der Waals surface area contributed by atoms with Crippen molar-refractivity contribution in [2.75, 3.05) is 32.7 Å². The quantitative estimate of drug-likeness (QED) is 0.711. The highest BCUT2D eigenvalue weighted by Crippen LogP contribution is 2.25. The molecule has 3 rings (SSSR count). The highest BCUT2D eigenvalue weighted by Gasteiger charge is 2.24. The molecule has 2 unspecified atom stereocenters. The predicted molar refractivity (Wildman–Crippen MR) is 117 cm³/mol. The number of hydrogen-bond acceptors (Lipinski definition) is 3. The van der Waals surface area contributed by atoms with E-state index in [1.165, 1.54) is 31.2 Å². The molecule has 2 saturated heterocycles. The smallest absolute Gasteiger partial charge is 0.220 e. The van der Waals surface area contributed by atoms with Gasteiger partial charge in [-0.1, -0.05) is 37.3 Å². The summed E-state index contributed by atoms with van der Waals surface area (Å²) in [7, 11) is 0. The zero-order valence-corrected chi connectivity index (χ0v) is 18.0. The van der Waals surface area contributed by atoms with Crippen LogP contribution < -0.4 is 10.6 Å². The van der Waals surface area contributed by atoms with Crippen molar-refractivity contribution in [1.82, 2.24) is 15.5 Å². The Labute approximate surface area is 176 Å². The molecule has 2 fully saturated rings. The van der Waals surface area contributed by atoms with E-state index in [-0.39, 0.29) is 36.8 Å². The fourth-order valence-corrected chi connectivity index (χ4v) is 4.27. The number of nitrogens with one attached hydrogen (secondary N) is 2. The van der Waals surface area contributed by atoms with E-state index in [1.807, 2.05) is 6.07 Å². The largest absolute Gasteiger partial charge is 0.348 e. The molecule has 2 N–H and O–H groups in total. The third-order valence-electron chi connectivity index (χ3n) is 5.87. The van der Waals surface area contributed by atoms with Crippen LogP contribution in [0, 0.1) is 11.8 Å². The number of benzene rings is 1. The van der Waals surface area contributed by atoms with Crippen LogP contribution in [0.2, 0.25) is 0 Å². The van der Waals surface area contributed by atoms with E-state index < -0.39 is 0 Å². The molecule has 0 bridgehead atoms. The van der Waals surface area contributed by atoms with Crippen LogP contribution in [0.15, 0.2) is 30.3 Å². The molecular weight excluding hydrogens is 381 g/mol. The van der Waals surface area contributed by atoms with Gasteiger partial charge in [0.2, 0.25) is 5.91 Å². The molecule has 0 aliphatic carbocycles. The second-order valence-electron chi connectivity index (χ2n) is 7.81. The van der Waals surface area contributed by atoms with Gasteiger partial charge in [0.25, 0.3) is 0 Å². The molecule has 0 aromatic heterocycles. The Kier molecular flexibility index (Phi) is 11.3. The van der Waals surface area contributed by atoms with E-state index in [1.54, 1.807) is 0 Å². The average molecular weight is 416 g/mol. The van der Waals surface area contributed by atoms with Crippen molar-refractivity contribution in [3.8, 4) is 0 Å². The number of piperidine rings is 1. The summed E-state index contributed by atoms with van der Waals surface area (Å²) in [6.07, 6.45) is 5.60. The summed E-state index contributed by atoms with van der Waals surface area (Å²) in [5.74, 6) is 1.35. The lowest BCUT2D eigenvalue weighted by atomic mass is 9.84. The normalized spacial score (nSPS) is 20.2. The van der Waals surface area contributed by atoms with Crippen molar-refractivity contribution in [3.63, 3.8) is 0 Å². The maximum Gasteiger partial charge on any atom is 0.220 e. The Bertz CT molecular complexity index is 531. The van der Waals surface area contributed by atoms with Crippen molar-refractivity contribution in [2.45, 2.75) is 45.1 Å². The summed E-state index contributed by atoms with van der Waals surface area (Å²) < 4.78 is 0. The van der Waals surface area contributed by atoms with Crippen LogP contribution in [0.5, 0.6) is 0 Å². The van der Waals surface area contributed by atoms with Gasteiger partial charge in [0, 0.05) is 13.0 Å². The molecular formula is C21H35Cl2N3O. The van der Waals surface area contributed by atoms with E-state index in [9.17, 15) is 4.79 Å². The SMILES string of the molecule is CC(CC(=O)NC(CN1CCCC1)c1ccccc1)C1CCNCC1.Cl.Cl. The second-order valence-corrected chi connectivity index (χ2v) is 7.81. The van der Waals surface area contributed by atoms with Crippen LogP contribution in [0.4, 0.5) is 0 Å². The second kappa shape index (κ2) is 12.6. The molecule has 2 aliphatic rings. The Balaban J connectivity index is 0.00000182. The first-order chi connectivity index (χ1) is 12.2. The van der Waals surface area contributed by atoms with Crippen LogP contribution in [-0.2, 0) is 4.79 Å². The van der Waals surface area contributed by atoms with Crippen molar-refractivity contribution in [1.29, 1.82) is 0 Å². The van der Waals surface area contributed by atoms with Crippen LogP contribution >= 0.6 is 24.8 Å². The van der Waals surface area contributed by atoms with Gasteiger partial charge >= 0.3 is 0 Å². The van der Waals surface area contributed by atoms with Crippen molar-refractivity contribution in [3.05, 3.63) is 35.9 Å². The maximum atomic E-state index is 12.7. The van der Waals surface area contributed by atoms with E-state index in [4.69, 9.17) is 0 Å². The molecule has 0 spiro atoms. The third-order valence-corrected chi connectivity index (χ3v) is 5.87. The molecule has 0 radical (unpaired) electrons. The minimum atomic E-state index is 0.